The quantitative estimate of drug-likeness (QED) is 0.609. The number of carbonyl (C=O) groups excluding carboxylic acids is 2. The molecule has 0 saturated heterocycles. The van der Waals surface area contributed by atoms with Crippen molar-refractivity contribution in [1.29, 1.82) is 0 Å². The molecule has 1 aromatic carbocycles. The molecule has 2 rings (SSSR count). The fourth-order valence-electron chi connectivity index (χ4n) is 2.85. The summed E-state index contributed by atoms with van der Waals surface area (Å²) in [6.45, 7) is 5.54. The van der Waals surface area contributed by atoms with Crippen LogP contribution in [0.15, 0.2) is 23.4 Å². The Hall–Kier alpha value is -2.41. The van der Waals surface area contributed by atoms with Crippen LogP contribution in [0.25, 0.3) is 0 Å². The van der Waals surface area contributed by atoms with E-state index in [-0.39, 0.29) is 22.6 Å². The summed E-state index contributed by atoms with van der Waals surface area (Å²) in [4.78, 5) is 25.0. The first-order chi connectivity index (χ1) is 12.8. The van der Waals surface area contributed by atoms with Gasteiger partial charge in [0.1, 0.15) is 0 Å². The van der Waals surface area contributed by atoms with Crippen LogP contribution in [-0.2, 0) is 9.53 Å². The van der Waals surface area contributed by atoms with E-state index in [0.717, 1.165) is 12.8 Å². The molecule has 1 atom stereocenters. The molecule has 1 unspecified atom stereocenters. The molecule has 0 aromatic heterocycles. The van der Waals surface area contributed by atoms with Crippen molar-refractivity contribution in [3.8, 4) is 11.5 Å². The van der Waals surface area contributed by atoms with Crippen molar-refractivity contribution in [3.05, 3.63) is 34.0 Å². The third-order valence-electron chi connectivity index (χ3n) is 4.10. The smallest absolute Gasteiger partial charge is 0.338 e. The molecule has 148 valence electrons. The van der Waals surface area contributed by atoms with Gasteiger partial charge in [0.2, 0.25) is 0 Å². The topological polar surface area (TPSA) is 96.9 Å². The predicted molar refractivity (Wildman–Crippen MR) is 102 cm³/mol. The minimum Gasteiger partial charge on any atom is -0.503 e. The van der Waals surface area contributed by atoms with E-state index < -0.39 is 18.0 Å². The second kappa shape index (κ2) is 8.99. The lowest BCUT2D eigenvalue weighted by Crippen LogP contribution is -2.46. The number of amides is 2. The standard InChI is InChI=1S/C19H25ClN2O5/c1-5-6-7-13-15(18(24)27-10(2)3)16(22-19(25)21-13)11-8-12(20)17(23)14(9-11)26-4/h8-10,16,23H,5-7H2,1-4H3,(H2,21,22,25). The zero-order chi connectivity index (χ0) is 20.1. The number of phenols is 1. The lowest BCUT2D eigenvalue weighted by atomic mass is 9.93. The molecule has 1 heterocycles. The van der Waals surface area contributed by atoms with Gasteiger partial charge in [0, 0.05) is 5.70 Å². The van der Waals surface area contributed by atoms with Crippen LogP contribution in [0.5, 0.6) is 11.5 Å². The second-order valence-electron chi connectivity index (χ2n) is 6.53. The molecule has 0 radical (unpaired) electrons. The number of ether oxygens (including phenoxy) is 2. The highest BCUT2D eigenvalue weighted by Gasteiger charge is 2.34. The third-order valence-corrected chi connectivity index (χ3v) is 4.39. The van der Waals surface area contributed by atoms with Crippen molar-refractivity contribution in [2.75, 3.05) is 7.11 Å². The van der Waals surface area contributed by atoms with E-state index in [9.17, 15) is 14.7 Å². The molecule has 8 heteroatoms. The maximum Gasteiger partial charge on any atom is 0.338 e. The van der Waals surface area contributed by atoms with E-state index in [1.54, 1.807) is 13.8 Å². The van der Waals surface area contributed by atoms with Gasteiger partial charge in [-0.3, -0.25) is 0 Å². The number of benzene rings is 1. The Morgan fingerprint density at radius 1 is 1.37 bits per heavy atom. The van der Waals surface area contributed by atoms with Crippen LogP contribution in [0.2, 0.25) is 5.02 Å². The van der Waals surface area contributed by atoms with Gasteiger partial charge in [-0.2, -0.15) is 0 Å². The number of urea groups is 1. The van der Waals surface area contributed by atoms with Gasteiger partial charge in [0.05, 0.1) is 29.9 Å². The van der Waals surface area contributed by atoms with Gasteiger partial charge >= 0.3 is 12.0 Å². The number of rotatable bonds is 7. The summed E-state index contributed by atoms with van der Waals surface area (Å²) in [6.07, 6.45) is 1.93. The Kier molecular flexibility index (Phi) is 6.96. The molecule has 0 bridgehead atoms. The monoisotopic (exact) mass is 396 g/mol. The van der Waals surface area contributed by atoms with Gasteiger partial charge in [-0.1, -0.05) is 24.9 Å². The number of halogens is 1. The number of unbranched alkanes of at least 4 members (excludes halogenated alkanes) is 1. The molecule has 1 aliphatic heterocycles. The van der Waals surface area contributed by atoms with Crippen LogP contribution in [0.3, 0.4) is 0 Å². The maximum absolute atomic E-state index is 12.8. The van der Waals surface area contributed by atoms with Crippen LogP contribution in [0.1, 0.15) is 51.6 Å². The molecule has 1 aliphatic rings. The largest absolute Gasteiger partial charge is 0.503 e. The van der Waals surface area contributed by atoms with Gasteiger partial charge in [-0.25, -0.2) is 9.59 Å². The van der Waals surface area contributed by atoms with Crippen molar-refractivity contribution >= 4 is 23.6 Å². The number of phenolic OH excluding ortho intramolecular Hbond substituents is 1. The summed E-state index contributed by atoms with van der Waals surface area (Å²) >= 11 is 6.09. The number of hydrogen-bond acceptors (Lipinski definition) is 5. The first-order valence-electron chi connectivity index (χ1n) is 8.86. The number of carbonyl (C=O) groups is 2. The van der Waals surface area contributed by atoms with Crippen LogP contribution >= 0.6 is 11.6 Å². The number of esters is 1. The summed E-state index contributed by atoms with van der Waals surface area (Å²) in [7, 11) is 1.40. The highest BCUT2D eigenvalue weighted by molar-refractivity contribution is 6.32. The van der Waals surface area contributed by atoms with Crippen LogP contribution < -0.4 is 15.4 Å². The van der Waals surface area contributed by atoms with Crippen LogP contribution in [0, 0.1) is 0 Å². The minimum absolute atomic E-state index is 0.0591. The lowest BCUT2D eigenvalue weighted by molar-refractivity contribution is -0.143. The predicted octanol–water partition coefficient (Wildman–Crippen LogP) is 3.80. The number of aromatic hydroxyl groups is 1. The highest BCUT2D eigenvalue weighted by atomic mass is 35.5. The highest BCUT2D eigenvalue weighted by Crippen LogP contribution is 2.39. The van der Waals surface area contributed by atoms with Gasteiger partial charge in [-0.05, 0) is 44.4 Å². The summed E-state index contributed by atoms with van der Waals surface area (Å²) < 4.78 is 10.5. The van der Waals surface area contributed by atoms with Gasteiger partial charge in [0.15, 0.2) is 11.5 Å². The Balaban J connectivity index is 2.58. The Morgan fingerprint density at radius 2 is 2.07 bits per heavy atom. The summed E-state index contributed by atoms with van der Waals surface area (Å²) in [5.41, 5.74) is 1.36. The second-order valence-corrected chi connectivity index (χ2v) is 6.94. The van der Waals surface area contributed by atoms with Crippen molar-refractivity contribution in [3.63, 3.8) is 0 Å². The molecule has 0 spiro atoms. The normalized spacial score (nSPS) is 16.8. The molecule has 7 nitrogen and oxygen atoms in total. The van der Waals surface area contributed by atoms with Crippen LogP contribution in [-0.4, -0.2) is 30.3 Å². The molecule has 1 aromatic rings. The van der Waals surface area contributed by atoms with Crippen molar-refractivity contribution < 1.29 is 24.2 Å². The zero-order valence-corrected chi connectivity index (χ0v) is 16.6. The van der Waals surface area contributed by atoms with E-state index in [2.05, 4.69) is 10.6 Å². The third kappa shape index (κ3) is 4.86. The zero-order valence-electron chi connectivity index (χ0n) is 15.9. The van der Waals surface area contributed by atoms with E-state index in [1.807, 2.05) is 6.92 Å². The number of hydrogen-bond donors (Lipinski definition) is 3. The van der Waals surface area contributed by atoms with Crippen molar-refractivity contribution in [2.45, 2.75) is 52.2 Å². The van der Waals surface area contributed by atoms with Gasteiger partial charge in [-0.15, -0.1) is 0 Å². The summed E-state index contributed by atoms with van der Waals surface area (Å²) in [5.74, 6) is -0.571. The first kappa shape index (κ1) is 20.9. The van der Waals surface area contributed by atoms with E-state index in [0.29, 0.717) is 23.3 Å². The number of allylic oxidation sites excluding steroid dienone is 1. The minimum atomic E-state index is -0.774. The van der Waals surface area contributed by atoms with E-state index in [4.69, 9.17) is 21.1 Å². The van der Waals surface area contributed by atoms with E-state index >= 15 is 0 Å². The van der Waals surface area contributed by atoms with Gasteiger partial charge < -0.3 is 25.2 Å². The average molecular weight is 397 g/mol. The lowest BCUT2D eigenvalue weighted by Gasteiger charge is -2.30. The fraction of sp³-hybridized carbons (Fsp3) is 0.474. The first-order valence-corrected chi connectivity index (χ1v) is 9.24. The Bertz CT molecular complexity index is 761. The number of methoxy groups -OCH3 is 1. The molecule has 0 fully saturated rings. The Morgan fingerprint density at radius 3 is 2.67 bits per heavy atom. The molecule has 2 amide bonds. The molecule has 27 heavy (non-hydrogen) atoms. The summed E-state index contributed by atoms with van der Waals surface area (Å²) in [6, 6.07) is 1.84. The fourth-order valence-corrected chi connectivity index (χ4v) is 3.07. The molecule has 0 saturated carbocycles. The van der Waals surface area contributed by atoms with Crippen LogP contribution in [0.4, 0.5) is 4.79 Å². The molecular weight excluding hydrogens is 372 g/mol. The summed E-state index contributed by atoms with van der Waals surface area (Å²) in [5, 5.41) is 15.5. The Labute approximate surface area is 163 Å². The van der Waals surface area contributed by atoms with Crippen molar-refractivity contribution in [2.24, 2.45) is 0 Å². The van der Waals surface area contributed by atoms with Gasteiger partial charge in [0.25, 0.3) is 0 Å². The van der Waals surface area contributed by atoms with E-state index in [1.165, 1.54) is 19.2 Å². The average Bonchev–Trinajstić information content (AvgIpc) is 2.60. The maximum atomic E-state index is 12.8. The molecule has 3 N–H and O–H groups in total. The number of nitrogens with one attached hydrogen (secondary N) is 2. The molecule has 0 aliphatic carbocycles. The van der Waals surface area contributed by atoms with Crippen molar-refractivity contribution in [1.82, 2.24) is 10.6 Å². The SMILES string of the molecule is CCCCC1=C(C(=O)OC(C)C)C(c2cc(Cl)c(O)c(OC)c2)NC(=O)N1. The molecular formula is C19H25ClN2O5.